The molecule has 0 aliphatic heterocycles. The summed E-state index contributed by atoms with van der Waals surface area (Å²) in [6.07, 6.45) is 2.40. The van der Waals surface area contributed by atoms with Gasteiger partial charge in [-0.15, -0.1) is 0 Å². The lowest BCUT2D eigenvalue weighted by atomic mass is 9.87. The quantitative estimate of drug-likeness (QED) is 0.819. The van der Waals surface area contributed by atoms with E-state index >= 15 is 0 Å². The van der Waals surface area contributed by atoms with Gasteiger partial charge in [-0.3, -0.25) is 0 Å². The molecule has 1 unspecified atom stereocenters. The SMILES string of the molecule is CCC(CC)C(NC)c1c(C)oc(C)c1C. The topological polar surface area (TPSA) is 25.2 Å². The Morgan fingerprint density at radius 1 is 1.06 bits per heavy atom. The molecular weight excluding hydrogens is 198 g/mol. The minimum atomic E-state index is 0.424. The van der Waals surface area contributed by atoms with Crippen molar-refractivity contribution in [2.24, 2.45) is 5.92 Å². The van der Waals surface area contributed by atoms with Crippen LogP contribution in [0.2, 0.25) is 0 Å². The zero-order valence-electron chi connectivity index (χ0n) is 11.5. The van der Waals surface area contributed by atoms with Crippen molar-refractivity contribution < 1.29 is 4.42 Å². The molecule has 2 nitrogen and oxygen atoms in total. The van der Waals surface area contributed by atoms with Gasteiger partial charge in [-0.25, -0.2) is 0 Å². The molecular formula is C14H25NO. The van der Waals surface area contributed by atoms with Crippen molar-refractivity contribution in [3.63, 3.8) is 0 Å². The average Bonchev–Trinajstić information content (AvgIpc) is 2.51. The molecule has 0 saturated carbocycles. The second-order valence-electron chi connectivity index (χ2n) is 4.60. The Balaban J connectivity index is 3.12. The Bertz CT molecular complexity index is 337. The Kier molecular flexibility index (Phi) is 4.60. The van der Waals surface area contributed by atoms with Crippen LogP contribution in [0, 0.1) is 26.7 Å². The smallest absolute Gasteiger partial charge is 0.106 e. The van der Waals surface area contributed by atoms with Gasteiger partial charge in [0.15, 0.2) is 0 Å². The maximum atomic E-state index is 5.73. The van der Waals surface area contributed by atoms with Gasteiger partial charge in [-0.1, -0.05) is 26.7 Å². The first-order chi connectivity index (χ1) is 7.56. The lowest BCUT2D eigenvalue weighted by Gasteiger charge is -2.25. The summed E-state index contributed by atoms with van der Waals surface area (Å²) < 4.78 is 5.73. The zero-order chi connectivity index (χ0) is 12.3. The van der Waals surface area contributed by atoms with Crippen LogP contribution in [0.25, 0.3) is 0 Å². The van der Waals surface area contributed by atoms with Gasteiger partial charge in [0.1, 0.15) is 11.5 Å². The first kappa shape index (κ1) is 13.3. The number of furan rings is 1. The highest BCUT2D eigenvalue weighted by Crippen LogP contribution is 2.34. The van der Waals surface area contributed by atoms with Gasteiger partial charge in [0.25, 0.3) is 0 Å². The van der Waals surface area contributed by atoms with E-state index in [1.54, 1.807) is 0 Å². The number of hydrogen-bond acceptors (Lipinski definition) is 2. The highest BCUT2D eigenvalue weighted by molar-refractivity contribution is 5.34. The van der Waals surface area contributed by atoms with Crippen LogP contribution >= 0.6 is 0 Å². The average molecular weight is 223 g/mol. The molecule has 92 valence electrons. The van der Waals surface area contributed by atoms with Crippen molar-refractivity contribution in [2.45, 2.75) is 53.5 Å². The van der Waals surface area contributed by atoms with Gasteiger partial charge in [0, 0.05) is 11.6 Å². The summed E-state index contributed by atoms with van der Waals surface area (Å²) in [6, 6.07) is 0.424. The molecule has 1 heterocycles. The molecule has 1 N–H and O–H groups in total. The van der Waals surface area contributed by atoms with Gasteiger partial charge >= 0.3 is 0 Å². The lowest BCUT2D eigenvalue weighted by Crippen LogP contribution is -2.25. The fourth-order valence-electron chi connectivity index (χ4n) is 2.64. The van der Waals surface area contributed by atoms with Crippen molar-refractivity contribution in [3.8, 4) is 0 Å². The van der Waals surface area contributed by atoms with Crippen molar-refractivity contribution >= 4 is 0 Å². The molecule has 0 aliphatic rings. The molecule has 1 atom stereocenters. The summed E-state index contributed by atoms with van der Waals surface area (Å²) in [7, 11) is 2.05. The number of aryl methyl sites for hydroxylation is 2. The van der Waals surface area contributed by atoms with Gasteiger partial charge in [0.2, 0.25) is 0 Å². The van der Waals surface area contributed by atoms with Crippen molar-refractivity contribution in [1.29, 1.82) is 0 Å². The minimum Gasteiger partial charge on any atom is -0.466 e. The van der Waals surface area contributed by atoms with E-state index in [0.29, 0.717) is 12.0 Å². The van der Waals surface area contributed by atoms with E-state index in [1.807, 2.05) is 14.0 Å². The molecule has 16 heavy (non-hydrogen) atoms. The van der Waals surface area contributed by atoms with E-state index in [9.17, 15) is 0 Å². The normalized spacial score (nSPS) is 13.4. The summed E-state index contributed by atoms with van der Waals surface area (Å²) in [5, 5.41) is 3.46. The lowest BCUT2D eigenvalue weighted by molar-refractivity contribution is 0.353. The maximum absolute atomic E-state index is 5.73. The molecule has 1 aromatic rings. The zero-order valence-corrected chi connectivity index (χ0v) is 11.5. The summed E-state index contributed by atoms with van der Waals surface area (Å²) >= 11 is 0. The van der Waals surface area contributed by atoms with E-state index in [1.165, 1.54) is 24.0 Å². The van der Waals surface area contributed by atoms with Crippen LogP contribution in [0.5, 0.6) is 0 Å². The predicted molar refractivity (Wildman–Crippen MR) is 68.8 cm³/mol. The van der Waals surface area contributed by atoms with Crippen LogP contribution in [0.1, 0.15) is 55.4 Å². The first-order valence-corrected chi connectivity index (χ1v) is 6.30. The predicted octanol–water partition coefficient (Wildman–Crippen LogP) is 3.90. The molecule has 1 rings (SSSR count). The largest absolute Gasteiger partial charge is 0.466 e. The van der Waals surface area contributed by atoms with Crippen LogP contribution in [0.15, 0.2) is 4.42 Å². The minimum absolute atomic E-state index is 0.424. The number of hydrogen-bond donors (Lipinski definition) is 1. The second kappa shape index (κ2) is 5.53. The number of rotatable bonds is 5. The number of nitrogens with one attached hydrogen (secondary N) is 1. The van der Waals surface area contributed by atoms with E-state index < -0.39 is 0 Å². The van der Waals surface area contributed by atoms with Gasteiger partial charge in [-0.2, -0.15) is 0 Å². The molecule has 0 fully saturated rings. The summed E-state index contributed by atoms with van der Waals surface area (Å²) in [6.45, 7) is 10.8. The molecule has 0 aromatic carbocycles. The van der Waals surface area contributed by atoms with Crippen molar-refractivity contribution in [2.75, 3.05) is 7.05 Å². The Morgan fingerprint density at radius 2 is 1.62 bits per heavy atom. The Labute approximate surface area is 99.4 Å². The maximum Gasteiger partial charge on any atom is 0.106 e. The summed E-state index contributed by atoms with van der Waals surface area (Å²) in [5.41, 5.74) is 2.68. The third-order valence-electron chi connectivity index (χ3n) is 3.76. The molecule has 2 heteroatoms. The highest BCUT2D eigenvalue weighted by Gasteiger charge is 2.25. The van der Waals surface area contributed by atoms with Gasteiger partial charge in [0.05, 0.1) is 0 Å². The monoisotopic (exact) mass is 223 g/mol. The third-order valence-corrected chi connectivity index (χ3v) is 3.76. The van der Waals surface area contributed by atoms with Crippen LogP contribution < -0.4 is 5.32 Å². The van der Waals surface area contributed by atoms with Crippen LogP contribution in [0.4, 0.5) is 0 Å². The first-order valence-electron chi connectivity index (χ1n) is 6.30. The molecule has 0 aliphatic carbocycles. The molecule has 0 amide bonds. The second-order valence-corrected chi connectivity index (χ2v) is 4.60. The van der Waals surface area contributed by atoms with Crippen molar-refractivity contribution in [1.82, 2.24) is 5.32 Å². The molecule has 0 saturated heterocycles. The molecule has 1 aromatic heterocycles. The molecule has 0 bridgehead atoms. The summed E-state index contributed by atoms with van der Waals surface area (Å²) in [4.78, 5) is 0. The fraction of sp³-hybridized carbons (Fsp3) is 0.714. The van der Waals surface area contributed by atoms with Crippen LogP contribution in [0.3, 0.4) is 0 Å². The van der Waals surface area contributed by atoms with E-state index in [0.717, 1.165) is 11.5 Å². The van der Waals surface area contributed by atoms with Crippen molar-refractivity contribution in [3.05, 3.63) is 22.6 Å². The van der Waals surface area contributed by atoms with Gasteiger partial charge in [-0.05, 0) is 39.3 Å². The Hall–Kier alpha value is -0.760. The van der Waals surface area contributed by atoms with E-state index in [-0.39, 0.29) is 0 Å². The molecule has 0 spiro atoms. The van der Waals surface area contributed by atoms with E-state index in [4.69, 9.17) is 4.42 Å². The molecule has 0 radical (unpaired) electrons. The third kappa shape index (κ3) is 2.32. The van der Waals surface area contributed by atoms with Crippen LogP contribution in [-0.2, 0) is 0 Å². The standard InChI is InChI=1S/C14H25NO/c1-7-12(8-2)14(15-6)13-9(3)10(4)16-11(13)5/h12,14-15H,7-8H2,1-6H3. The van der Waals surface area contributed by atoms with Crippen LogP contribution in [-0.4, -0.2) is 7.05 Å². The highest BCUT2D eigenvalue weighted by atomic mass is 16.3. The Morgan fingerprint density at radius 3 is 1.94 bits per heavy atom. The van der Waals surface area contributed by atoms with E-state index in [2.05, 4.69) is 33.0 Å². The summed E-state index contributed by atoms with van der Waals surface area (Å²) in [5.74, 6) is 2.80. The van der Waals surface area contributed by atoms with Gasteiger partial charge < -0.3 is 9.73 Å². The fourth-order valence-corrected chi connectivity index (χ4v) is 2.64.